The van der Waals surface area contributed by atoms with Gasteiger partial charge in [0.25, 0.3) is 5.91 Å². The van der Waals surface area contributed by atoms with Crippen LogP contribution in [0.15, 0.2) is 24.3 Å². The molecule has 0 atom stereocenters. The van der Waals surface area contributed by atoms with Gasteiger partial charge in [-0.25, -0.2) is 0 Å². The van der Waals surface area contributed by atoms with Gasteiger partial charge in [0.1, 0.15) is 6.61 Å². The van der Waals surface area contributed by atoms with Crippen LogP contribution in [0.25, 0.3) is 0 Å². The maximum atomic E-state index is 12.0. The number of ether oxygens (including phenoxy) is 1. The number of hydrogen-bond donors (Lipinski definition) is 2. The highest BCUT2D eigenvalue weighted by molar-refractivity contribution is 5.97. The van der Waals surface area contributed by atoms with Crippen molar-refractivity contribution in [3.8, 4) is 0 Å². The normalized spacial score (nSPS) is 10.3. The van der Waals surface area contributed by atoms with Gasteiger partial charge < -0.3 is 20.5 Å². The fraction of sp³-hybridized carbons (Fsp3) is 0.462. The molecule has 0 unspecified atom stereocenters. The molecule has 0 saturated heterocycles. The Morgan fingerprint density at radius 1 is 1.44 bits per heavy atom. The number of nitrogen functional groups attached to an aromatic ring is 1. The van der Waals surface area contributed by atoms with Crippen LogP contribution >= 0.6 is 0 Å². The maximum absolute atomic E-state index is 12.0. The fourth-order valence-electron chi connectivity index (χ4n) is 1.59. The Kier molecular flexibility index (Phi) is 6.18. The van der Waals surface area contributed by atoms with Crippen LogP contribution < -0.4 is 10.6 Å². The second-order valence-electron chi connectivity index (χ2n) is 3.88. The summed E-state index contributed by atoms with van der Waals surface area (Å²) in [4.78, 5) is 13.4. The van der Waals surface area contributed by atoms with Crippen LogP contribution in [0.5, 0.6) is 0 Å². The van der Waals surface area contributed by atoms with Crippen LogP contribution in [-0.2, 0) is 9.53 Å². The van der Waals surface area contributed by atoms with E-state index in [2.05, 4.69) is 0 Å². The van der Waals surface area contributed by atoms with Crippen molar-refractivity contribution in [3.05, 3.63) is 24.3 Å². The molecule has 0 fully saturated rings. The molecule has 5 heteroatoms. The van der Waals surface area contributed by atoms with Crippen molar-refractivity contribution in [2.24, 2.45) is 0 Å². The summed E-state index contributed by atoms with van der Waals surface area (Å²) in [5.41, 5.74) is 6.95. The molecule has 1 aromatic rings. The van der Waals surface area contributed by atoms with Gasteiger partial charge in [0.15, 0.2) is 0 Å². The predicted molar refractivity (Wildman–Crippen MR) is 71.4 cm³/mol. The third-order valence-corrected chi connectivity index (χ3v) is 2.43. The third kappa shape index (κ3) is 4.01. The number of para-hydroxylation sites is 2. The summed E-state index contributed by atoms with van der Waals surface area (Å²) in [5.74, 6) is -0.199. The number of hydrogen-bond acceptors (Lipinski definition) is 4. The Balaban J connectivity index is 2.76. The third-order valence-electron chi connectivity index (χ3n) is 2.43. The molecule has 0 bridgehead atoms. The molecule has 0 aliphatic carbocycles. The molecule has 0 spiro atoms. The zero-order valence-corrected chi connectivity index (χ0v) is 10.6. The average molecular weight is 252 g/mol. The first-order valence-corrected chi connectivity index (χ1v) is 6.04. The molecule has 0 aliphatic rings. The van der Waals surface area contributed by atoms with E-state index < -0.39 is 0 Å². The van der Waals surface area contributed by atoms with Gasteiger partial charge in [0.05, 0.1) is 18.0 Å². The van der Waals surface area contributed by atoms with Crippen LogP contribution in [0.2, 0.25) is 0 Å². The lowest BCUT2D eigenvalue weighted by molar-refractivity contribution is -0.123. The number of benzene rings is 1. The summed E-state index contributed by atoms with van der Waals surface area (Å²) in [6, 6.07) is 7.08. The highest BCUT2D eigenvalue weighted by Crippen LogP contribution is 2.22. The number of carbonyl (C=O) groups is 1. The van der Waals surface area contributed by atoms with Crippen LogP contribution in [0, 0.1) is 0 Å². The molecule has 0 aliphatic heterocycles. The summed E-state index contributed by atoms with van der Waals surface area (Å²) < 4.78 is 5.22. The zero-order valence-electron chi connectivity index (χ0n) is 10.6. The van der Waals surface area contributed by atoms with E-state index in [1.807, 2.05) is 6.92 Å². The monoisotopic (exact) mass is 252 g/mol. The largest absolute Gasteiger partial charge is 0.397 e. The number of carbonyl (C=O) groups excluding carboxylic acids is 1. The first kappa shape index (κ1) is 14.5. The standard InChI is InChI=1S/C13H20N2O3/c1-2-9-18-10-13(17)15(7-8-16)12-6-4-3-5-11(12)14/h3-6,16H,2,7-10,14H2,1H3. The van der Waals surface area contributed by atoms with Gasteiger partial charge in [-0.1, -0.05) is 19.1 Å². The van der Waals surface area contributed by atoms with E-state index >= 15 is 0 Å². The first-order chi connectivity index (χ1) is 8.70. The van der Waals surface area contributed by atoms with E-state index in [4.69, 9.17) is 15.6 Å². The summed E-state index contributed by atoms with van der Waals surface area (Å²) in [6.07, 6.45) is 0.862. The van der Waals surface area contributed by atoms with Crippen molar-refractivity contribution in [1.82, 2.24) is 0 Å². The van der Waals surface area contributed by atoms with E-state index in [1.54, 1.807) is 24.3 Å². The molecule has 0 saturated carbocycles. The summed E-state index contributed by atoms with van der Waals surface area (Å²) in [6.45, 7) is 2.62. The Morgan fingerprint density at radius 3 is 2.78 bits per heavy atom. The molecule has 0 heterocycles. The van der Waals surface area contributed by atoms with Crippen molar-refractivity contribution in [2.45, 2.75) is 13.3 Å². The quantitative estimate of drug-likeness (QED) is 0.561. The maximum Gasteiger partial charge on any atom is 0.253 e. The van der Waals surface area contributed by atoms with Gasteiger partial charge >= 0.3 is 0 Å². The van der Waals surface area contributed by atoms with Gasteiger partial charge in [0, 0.05) is 13.2 Å². The van der Waals surface area contributed by atoms with E-state index in [1.165, 1.54) is 4.90 Å². The average Bonchev–Trinajstić information content (AvgIpc) is 2.37. The van der Waals surface area contributed by atoms with E-state index in [0.29, 0.717) is 18.0 Å². The second kappa shape index (κ2) is 7.68. The predicted octanol–water partition coefficient (Wildman–Crippen LogP) is 1.02. The number of aliphatic hydroxyl groups is 1. The summed E-state index contributed by atoms with van der Waals surface area (Å²) >= 11 is 0. The number of anilines is 2. The van der Waals surface area contributed by atoms with Crippen molar-refractivity contribution in [3.63, 3.8) is 0 Å². The lowest BCUT2D eigenvalue weighted by Crippen LogP contribution is -2.36. The molecular weight excluding hydrogens is 232 g/mol. The topological polar surface area (TPSA) is 75.8 Å². The van der Waals surface area contributed by atoms with E-state index in [-0.39, 0.29) is 25.7 Å². The van der Waals surface area contributed by atoms with Gasteiger partial charge in [-0.05, 0) is 18.6 Å². The minimum absolute atomic E-state index is 0.00216. The second-order valence-corrected chi connectivity index (χ2v) is 3.88. The van der Waals surface area contributed by atoms with Crippen molar-refractivity contribution >= 4 is 17.3 Å². The molecule has 1 aromatic carbocycles. The lowest BCUT2D eigenvalue weighted by Gasteiger charge is -2.23. The van der Waals surface area contributed by atoms with Crippen molar-refractivity contribution in [2.75, 3.05) is 37.0 Å². The van der Waals surface area contributed by atoms with Crippen LogP contribution in [0.4, 0.5) is 11.4 Å². The molecule has 0 aromatic heterocycles. The van der Waals surface area contributed by atoms with Gasteiger partial charge in [-0.15, -0.1) is 0 Å². The van der Waals surface area contributed by atoms with Crippen LogP contribution in [0.3, 0.4) is 0 Å². The number of nitrogens with two attached hydrogens (primary N) is 1. The SMILES string of the molecule is CCCOCC(=O)N(CCO)c1ccccc1N. The molecule has 18 heavy (non-hydrogen) atoms. The van der Waals surface area contributed by atoms with E-state index in [9.17, 15) is 4.79 Å². The van der Waals surface area contributed by atoms with Gasteiger partial charge in [-0.3, -0.25) is 4.79 Å². The van der Waals surface area contributed by atoms with Gasteiger partial charge in [-0.2, -0.15) is 0 Å². The Labute approximate surface area is 107 Å². The van der Waals surface area contributed by atoms with E-state index in [0.717, 1.165) is 6.42 Å². The minimum Gasteiger partial charge on any atom is -0.397 e. The van der Waals surface area contributed by atoms with Gasteiger partial charge in [0.2, 0.25) is 0 Å². The highest BCUT2D eigenvalue weighted by Gasteiger charge is 2.17. The smallest absolute Gasteiger partial charge is 0.253 e. The van der Waals surface area contributed by atoms with Crippen LogP contribution in [-0.4, -0.2) is 37.4 Å². The number of amides is 1. The Hall–Kier alpha value is -1.59. The molecule has 1 rings (SSSR count). The minimum atomic E-state index is -0.199. The molecule has 1 amide bonds. The van der Waals surface area contributed by atoms with Crippen molar-refractivity contribution in [1.29, 1.82) is 0 Å². The Morgan fingerprint density at radius 2 is 2.17 bits per heavy atom. The highest BCUT2D eigenvalue weighted by atomic mass is 16.5. The molecular formula is C13H20N2O3. The molecule has 100 valence electrons. The number of nitrogens with zero attached hydrogens (tertiary/aromatic N) is 1. The fourth-order valence-corrected chi connectivity index (χ4v) is 1.59. The Bertz CT molecular complexity index is 382. The lowest BCUT2D eigenvalue weighted by atomic mass is 10.2. The molecule has 5 nitrogen and oxygen atoms in total. The molecule has 0 radical (unpaired) electrons. The summed E-state index contributed by atoms with van der Waals surface area (Å²) in [5, 5.41) is 9.03. The number of rotatable bonds is 7. The molecule has 3 N–H and O–H groups in total. The number of aliphatic hydroxyl groups excluding tert-OH is 1. The first-order valence-electron chi connectivity index (χ1n) is 6.04. The zero-order chi connectivity index (χ0) is 13.4. The van der Waals surface area contributed by atoms with Crippen LogP contribution in [0.1, 0.15) is 13.3 Å². The summed E-state index contributed by atoms with van der Waals surface area (Å²) in [7, 11) is 0. The van der Waals surface area contributed by atoms with Crippen molar-refractivity contribution < 1.29 is 14.6 Å².